The summed E-state index contributed by atoms with van der Waals surface area (Å²) in [5, 5.41) is 12.4. The zero-order valence-corrected chi connectivity index (χ0v) is 12.9. The van der Waals surface area contributed by atoms with Crippen LogP contribution in [0.15, 0.2) is 24.3 Å². The van der Waals surface area contributed by atoms with Crippen LogP contribution in [0.2, 0.25) is 0 Å². The molecule has 114 valence electrons. The van der Waals surface area contributed by atoms with Gasteiger partial charge in [-0.2, -0.15) is 0 Å². The molecular formula is C17H21N5. The van der Waals surface area contributed by atoms with Crippen molar-refractivity contribution in [3.8, 4) is 0 Å². The first-order valence-electron chi connectivity index (χ1n) is 8.26. The molecule has 3 aromatic rings. The third-order valence-electron chi connectivity index (χ3n) is 4.47. The van der Waals surface area contributed by atoms with Gasteiger partial charge in [0.2, 0.25) is 5.65 Å². The highest BCUT2D eigenvalue weighted by molar-refractivity contribution is 5.83. The summed E-state index contributed by atoms with van der Waals surface area (Å²) in [5.74, 6) is 1.89. The molecular weight excluding hydrogens is 274 g/mol. The maximum absolute atomic E-state index is 4.81. The number of nitrogens with zero attached hydrogens (tertiary/aromatic N) is 4. The van der Waals surface area contributed by atoms with Crippen molar-refractivity contribution < 1.29 is 0 Å². The normalized spacial score (nSPS) is 15.9. The highest BCUT2D eigenvalue weighted by Gasteiger charge is 2.19. The average molecular weight is 295 g/mol. The number of aryl methyl sites for hydroxylation is 1. The van der Waals surface area contributed by atoms with Gasteiger partial charge in [0.25, 0.3) is 0 Å². The van der Waals surface area contributed by atoms with E-state index in [0.717, 1.165) is 41.2 Å². The average Bonchev–Trinajstić information content (AvgIpc) is 3.18. The molecule has 1 aliphatic carbocycles. The number of nitrogens with one attached hydrogen (secondary N) is 1. The maximum Gasteiger partial charge on any atom is 0.204 e. The Labute approximate surface area is 129 Å². The van der Waals surface area contributed by atoms with Crippen molar-refractivity contribution in [3.63, 3.8) is 0 Å². The highest BCUT2D eigenvalue weighted by Crippen LogP contribution is 2.26. The van der Waals surface area contributed by atoms with Gasteiger partial charge >= 0.3 is 0 Å². The molecule has 0 aliphatic heterocycles. The largest absolute Gasteiger partial charge is 0.364 e. The van der Waals surface area contributed by atoms with Crippen molar-refractivity contribution in [1.29, 1.82) is 0 Å². The van der Waals surface area contributed by atoms with Gasteiger partial charge in [0.1, 0.15) is 5.82 Å². The molecule has 0 amide bonds. The predicted molar refractivity (Wildman–Crippen MR) is 88.2 cm³/mol. The Morgan fingerprint density at radius 3 is 2.82 bits per heavy atom. The Morgan fingerprint density at radius 1 is 1.18 bits per heavy atom. The summed E-state index contributed by atoms with van der Waals surface area (Å²) >= 11 is 0. The van der Waals surface area contributed by atoms with Crippen molar-refractivity contribution in [2.75, 3.05) is 5.32 Å². The summed E-state index contributed by atoms with van der Waals surface area (Å²) in [6, 6.07) is 8.75. The molecule has 1 N–H and O–H groups in total. The molecule has 1 aliphatic rings. The lowest BCUT2D eigenvalue weighted by molar-refractivity contribution is 0.751. The van der Waals surface area contributed by atoms with Gasteiger partial charge in [-0.3, -0.25) is 4.40 Å². The Kier molecular flexibility index (Phi) is 3.41. The molecule has 0 radical (unpaired) electrons. The maximum atomic E-state index is 4.81. The van der Waals surface area contributed by atoms with Gasteiger partial charge in [-0.25, -0.2) is 4.98 Å². The fraction of sp³-hybridized carbons (Fsp3) is 0.471. The van der Waals surface area contributed by atoms with Crippen LogP contribution in [-0.2, 0) is 6.42 Å². The molecule has 4 rings (SSSR count). The zero-order valence-electron chi connectivity index (χ0n) is 12.9. The van der Waals surface area contributed by atoms with Crippen LogP contribution >= 0.6 is 0 Å². The molecule has 0 saturated heterocycles. The number of benzene rings is 1. The van der Waals surface area contributed by atoms with E-state index in [2.05, 4.69) is 39.0 Å². The van der Waals surface area contributed by atoms with E-state index >= 15 is 0 Å². The quantitative estimate of drug-likeness (QED) is 0.799. The van der Waals surface area contributed by atoms with Crippen LogP contribution < -0.4 is 5.32 Å². The van der Waals surface area contributed by atoms with E-state index in [1.54, 1.807) is 0 Å². The molecule has 1 aromatic carbocycles. The van der Waals surface area contributed by atoms with Gasteiger partial charge in [-0.1, -0.05) is 31.9 Å². The Hall–Kier alpha value is -2.17. The molecule has 5 heteroatoms. The number of aromatic nitrogens is 4. The van der Waals surface area contributed by atoms with Gasteiger partial charge < -0.3 is 5.32 Å². The minimum atomic E-state index is 0.517. The Morgan fingerprint density at radius 2 is 2.00 bits per heavy atom. The number of para-hydroxylation sites is 2. The minimum Gasteiger partial charge on any atom is -0.364 e. The summed E-state index contributed by atoms with van der Waals surface area (Å²) in [5.41, 5.74) is 2.93. The molecule has 22 heavy (non-hydrogen) atoms. The Bertz CT molecular complexity index is 801. The molecule has 0 bridgehead atoms. The second-order valence-electron chi connectivity index (χ2n) is 6.10. The van der Waals surface area contributed by atoms with E-state index in [9.17, 15) is 0 Å². The second-order valence-corrected chi connectivity index (χ2v) is 6.10. The molecule has 2 aromatic heterocycles. The third kappa shape index (κ3) is 2.21. The van der Waals surface area contributed by atoms with Crippen LogP contribution in [-0.4, -0.2) is 25.6 Å². The van der Waals surface area contributed by atoms with Crippen LogP contribution in [0.1, 0.15) is 44.9 Å². The van der Waals surface area contributed by atoms with Crippen LogP contribution in [0.4, 0.5) is 5.82 Å². The number of hydrogen-bond donors (Lipinski definition) is 1. The summed E-state index contributed by atoms with van der Waals surface area (Å²) in [6.45, 7) is 2.17. The minimum absolute atomic E-state index is 0.517. The molecule has 2 heterocycles. The van der Waals surface area contributed by atoms with E-state index in [1.165, 1.54) is 25.7 Å². The van der Waals surface area contributed by atoms with E-state index in [4.69, 9.17) is 4.98 Å². The standard InChI is InChI=1S/C17H21N5/c1-2-7-15-20-21-17-16(18-12-8-3-4-9-12)19-13-10-5-6-11-14(13)22(15)17/h5-6,10-12H,2-4,7-9H2,1H3,(H,18,19). The van der Waals surface area contributed by atoms with Crippen molar-refractivity contribution in [2.24, 2.45) is 0 Å². The fourth-order valence-electron chi connectivity index (χ4n) is 3.39. The highest BCUT2D eigenvalue weighted by atomic mass is 15.3. The van der Waals surface area contributed by atoms with Gasteiger partial charge in [-0.15, -0.1) is 10.2 Å². The van der Waals surface area contributed by atoms with Crippen LogP contribution in [0.25, 0.3) is 16.7 Å². The SMILES string of the molecule is CCCc1nnc2c(NC3CCCC3)nc3ccccc3n12. The van der Waals surface area contributed by atoms with Gasteiger partial charge in [-0.05, 0) is 31.4 Å². The Balaban J connectivity index is 1.90. The summed E-state index contributed by atoms with van der Waals surface area (Å²) in [4.78, 5) is 4.81. The van der Waals surface area contributed by atoms with E-state index in [1.807, 2.05) is 12.1 Å². The third-order valence-corrected chi connectivity index (χ3v) is 4.47. The van der Waals surface area contributed by atoms with Gasteiger partial charge in [0, 0.05) is 12.5 Å². The molecule has 0 atom stereocenters. The van der Waals surface area contributed by atoms with E-state index in [-0.39, 0.29) is 0 Å². The zero-order chi connectivity index (χ0) is 14.9. The van der Waals surface area contributed by atoms with Crippen molar-refractivity contribution in [1.82, 2.24) is 19.6 Å². The lowest BCUT2D eigenvalue weighted by Crippen LogP contribution is -2.16. The lowest BCUT2D eigenvalue weighted by Gasteiger charge is -2.14. The molecule has 1 saturated carbocycles. The van der Waals surface area contributed by atoms with E-state index < -0.39 is 0 Å². The first kappa shape index (κ1) is 13.5. The summed E-state index contributed by atoms with van der Waals surface area (Å²) in [7, 11) is 0. The van der Waals surface area contributed by atoms with Gasteiger partial charge in [0.15, 0.2) is 5.82 Å². The molecule has 0 spiro atoms. The van der Waals surface area contributed by atoms with Crippen molar-refractivity contribution in [3.05, 3.63) is 30.1 Å². The summed E-state index contributed by atoms with van der Waals surface area (Å²) < 4.78 is 2.17. The number of fused-ring (bicyclic) bond motifs is 3. The molecule has 1 fully saturated rings. The second kappa shape index (κ2) is 5.55. The van der Waals surface area contributed by atoms with Crippen LogP contribution in [0.3, 0.4) is 0 Å². The topological polar surface area (TPSA) is 55.1 Å². The van der Waals surface area contributed by atoms with E-state index in [0.29, 0.717) is 6.04 Å². The van der Waals surface area contributed by atoms with Gasteiger partial charge in [0.05, 0.1) is 11.0 Å². The number of rotatable bonds is 4. The molecule has 0 unspecified atom stereocenters. The number of anilines is 1. The van der Waals surface area contributed by atoms with Crippen molar-refractivity contribution in [2.45, 2.75) is 51.5 Å². The lowest BCUT2D eigenvalue weighted by atomic mass is 10.2. The monoisotopic (exact) mass is 295 g/mol. The van der Waals surface area contributed by atoms with Crippen molar-refractivity contribution >= 4 is 22.5 Å². The first-order valence-corrected chi connectivity index (χ1v) is 8.26. The van der Waals surface area contributed by atoms with Crippen LogP contribution in [0, 0.1) is 0 Å². The summed E-state index contributed by atoms with van der Waals surface area (Å²) in [6.07, 6.45) is 7.03. The molecule has 5 nitrogen and oxygen atoms in total. The predicted octanol–water partition coefficient (Wildman–Crippen LogP) is 3.58. The van der Waals surface area contributed by atoms with Crippen LogP contribution in [0.5, 0.6) is 0 Å². The number of hydrogen-bond acceptors (Lipinski definition) is 4. The fourth-order valence-corrected chi connectivity index (χ4v) is 3.39. The smallest absolute Gasteiger partial charge is 0.204 e. The first-order chi connectivity index (χ1) is 10.9.